The Morgan fingerprint density at radius 3 is 3.17 bits per heavy atom. The number of carboxylic acid groups (broad SMARTS) is 1. The van der Waals surface area contributed by atoms with Crippen LogP contribution >= 0.6 is 0 Å². The maximum absolute atomic E-state index is 10.6. The van der Waals surface area contributed by atoms with Crippen LogP contribution in [-0.2, 0) is 17.6 Å². The van der Waals surface area contributed by atoms with Gasteiger partial charge in [0.2, 0.25) is 0 Å². The number of carbonyl (C=O) groups is 1. The standard InChI is InChI=1S/C13H20N2O3/c1-2-15-6-4-3-5-10(15)7-12-14-9-11(18-12)8-13(16)17/h9-10H,2-8H2,1H3,(H,16,17). The summed E-state index contributed by atoms with van der Waals surface area (Å²) in [5.74, 6) is 0.221. The molecule has 1 saturated heterocycles. The van der Waals surface area contributed by atoms with E-state index in [-0.39, 0.29) is 6.42 Å². The normalized spacial score (nSPS) is 21.1. The van der Waals surface area contributed by atoms with E-state index in [2.05, 4.69) is 16.8 Å². The van der Waals surface area contributed by atoms with Crippen LogP contribution in [0.4, 0.5) is 0 Å². The van der Waals surface area contributed by atoms with E-state index in [9.17, 15) is 4.79 Å². The topological polar surface area (TPSA) is 66.6 Å². The molecule has 0 aromatic carbocycles. The minimum atomic E-state index is -0.884. The lowest BCUT2D eigenvalue weighted by molar-refractivity contribution is -0.136. The fourth-order valence-corrected chi connectivity index (χ4v) is 2.58. The van der Waals surface area contributed by atoms with Crippen LogP contribution in [0.2, 0.25) is 0 Å². The predicted molar refractivity (Wildman–Crippen MR) is 66.4 cm³/mol. The number of nitrogens with zero attached hydrogens (tertiary/aromatic N) is 2. The zero-order valence-corrected chi connectivity index (χ0v) is 10.8. The third kappa shape index (κ3) is 3.32. The van der Waals surface area contributed by atoms with E-state index in [4.69, 9.17) is 9.52 Å². The molecule has 18 heavy (non-hydrogen) atoms. The second-order valence-electron chi connectivity index (χ2n) is 4.77. The van der Waals surface area contributed by atoms with Gasteiger partial charge in [-0.15, -0.1) is 0 Å². The summed E-state index contributed by atoms with van der Waals surface area (Å²) >= 11 is 0. The van der Waals surface area contributed by atoms with Crippen molar-refractivity contribution in [2.24, 2.45) is 0 Å². The lowest BCUT2D eigenvalue weighted by Crippen LogP contribution is -2.40. The van der Waals surface area contributed by atoms with Gasteiger partial charge in [0.05, 0.1) is 6.20 Å². The summed E-state index contributed by atoms with van der Waals surface area (Å²) in [5.41, 5.74) is 0. The van der Waals surface area contributed by atoms with Gasteiger partial charge in [-0.25, -0.2) is 4.98 Å². The first-order valence-corrected chi connectivity index (χ1v) is 6.58. The monoisotopic (exact) mass is 252 g/mol. The van der Waals surface area contributed by atoms with E-state index in [1.54, 1.807) is 0 Å². The predicted octanol–water partition coefficient (Wildman–Crippen LogP) is 1.72. The number of carboxylic acids is 1. The molecule has 0 amide bonds. The summed E-state index contributed by atoms with van der Waals surface area (Å²) in [6, 6.07) is 0.486. The maximum atomic E-state index is 10.6. The minimum Gasteiger partial charge on any atom is -0.481 e. The van der Waals surface area contributed by atoms with Crippen LogP contribution in [0.15, 0.2) is 10.6 Å². The van der Waals surface area contributed by atoms with Gasteiger partial charge < -0.3 is 14.4 Å². The number of aromatic nitrogens is 1. The van der Waals surface area contributed by atoms with E-state index >= 15 is 0 Å². The molecule has 5 nitrogen and oxygen atoms in total. The number of likely N-dealkylation sites (tertiary alicyclic amines) is 1. The van der Waals surface area contributed by atoms with Crippen molar-refractivity contribution in [1.29, 1.82) is 0 Å². The van der Waals surface area contributed by atoms with Gasteiger partial charge >= 0.3 is 5.97 Å². The van der Waals surface area contributed by atoms with E-state index in [0.29, 0.717) is 17.7 Å². The van der Waals surface area contributed by atoms with E-state index in [1.165, 1.54) is 25.5 Å². The van der Waals surface area contributed by atoms with E-state index in [0.717, 1.165) is 19.5 Å². The summed E-state index contributed by atoms with van der Waals surface area (Å²) < 4.78 is 5.47. The summed E-state index contributed by atoms with van der Waals surface area (Å²) in [5, 5.41) is 8.68. The smallest absolute Gasteiger partial charge is 0.311 e. The summed E-state index contributed by atoms with van der Waals surface area (Å²) in [4.78, 5) is 17.2. The van der Waals surface area contributed by atoms with Gasteiger partial charge in [-0.3, -0.25) is 4.79 Å². The fraction of sp³-hybridized carbons (Fsp3) is 0.692. The molecule has 1 fully saturated rings. The van der Waals surface area contributed by atoms with Crippen molar-refractivity contribution in [3.05, 3.63) is 17.8 Å². The van der Waals surface area contributed by atoms with Crippen molar-refractivity contribution in [1.82, 2.24) is 9.88 Å². The Labute approximate surface area is 107 Å². The number of rotatable bonds is 5. The molecule has 0 saturated carbocycles. The second kappa shape index (κ2) is 6.00. The fourth-order valence-electron chi connectivity index (χ4n) is 2.58. The number of hydrogen-bond donors (Lipinski definition) is 1. The van der Waals surface area contributed by atoms with Crippen LogP contribution in [0.3, 0.4) is 0 Å². The number of likely N-dealkylation sites (N-methyl/N-ethyl adjacent to an activating group) is 1. The molecule has 2 rings (SSSR count). The zero-order valence-electron chi connectivity index (χ0n) is 10.8. The number of aliphatic carboxylic acids is 1. The highest BCUT2D eigenvalue weighted by Gasteiger charge is 2.23. The van der Waals surface area contributed by atoms with Gasteiger partial charge in [-0.2, -0.15) is 0 Å². The largest absolute Gasteiger partial charge is 0.481 e. The van der Waals surface area contributed by atoms with Crippen molar-refractivity contribution in [2.75, 3.05) is 13.1 Å². The summed E-state index contributed by atoms with van der Waals surface area (Å²) in [7, 11) is 0. The first kappa shape index (κ1) is 13.1. The highest BCUT2D eigenvalue weighted by Crippen LogP contribution is 2.20. The lowest BCUT2D eigenvalue weighted by Gasteiger charge is -2.34. The average Bonchev–Trinajstić information content (AvgIpc) is 2.76. The molecule has 2 heterocycles. The molecule has 100 valence electrons. The molecular formula is C13H20N2O3. The van der Waals surface area contributed by atoms with Crippen LogP contribution in [0.1, 0.15) is 37.8 Å². The Hall–Kier alpha value is -1.36. The SMILES string of the molecule is CCN1CCCCC1Cc1ncc(CC(=O)O)o1. The zero-order chi connectivity index (χ0) is 13.0. The Balaban J connectivity index is 1.95. The summed E-state index contributed by atoms with van der Waals surface area (Å²) in [6.07, 6.45) is 5.92. The Bertz CT molecular complexity index is 403. The Morgan fingerprint density at radius 2 is 2.44 bits per heavy atom. The first-order valence-electron chi connectivity index (χ1n) is 6.58. The minimum absolute atomic E-state index is 0.0881. The molecule has 0 spiro atoms. The van der Waals surface area contributed by atoms with Crippen LogP contribution in [0, 0.1) is 0 Å². The molecule has 0 aliphatic carbocycles. The molecule has 0 bridgehead atoms. The first-order chi connectivity index (χ1) is 8.69. The average molecular weight is 252 g/mol. The van der Waals surface area contributed by atoms with Crippen LogP contribution in [-0.4, -0.2) is 40.1 Å². The van der Waals surface area contributed by atoms with Gasteiger partial charge in [-0.05, 0) is 25.9 Å². The number of piperidine rings is 1. The van der Waals surface area contributed by atoms with Crippen molar-refractivity contribution in [3.63, 3.8) is 0 Å². The van der Waals surface area contributed by atoms with Crippen molar-refractivity contribution < 1.29 is 14.3 Å². The molecule has 1 aromatic rings. The van der Waals surface area contributed by atoms with Gasteiger partial charge in [-0.1, -0.05) is 13.3 Å². The molecule has 5 heteroatoms. The maximum Gasteiger partial charge on any atom is 0.311 e. The van der Waals surface area contributed by atoms with Gasteiger partial charge in [0.1, 0.15) is 12.2 Å². The molecule has 0 radical (unpaired) electrons. The molecule has 1 atom stereocenters. The molecule has 1 unspecified atom stereocenters. The van der Waals surface area contributed by atoms with Gasteiger partial charge in [0.15, 0.2) is 5.89 Å². The van der Waals surface area contributed by atoms with Crippen molar-refractivity contribution in [3.8, 4) is 0 Å². The van der Waals surface area contributed by atoms with Gasteiger partial charge in [0.25, 0.3) is 0 Å². The van der Waals surface area contributed by atoms with Crippen molar-refractivity contribution in [2.45, 2.75) is 45.1 Å². The molecule has 1 N–H and O–H groups in total. The van der Waals surface area contributed by atoms with Crippen LogP contribution < -0.4 is 0 Å². The van der Waals surface area contributed by atoms with Crippen LogP contribution in [0.5, 0.6) is 0 Å². The highest BCUT2D eigenvalue weighted by molar-refractivity contribution is 5.69. The van der Waals surface area contributed by atoms with E-state index in [1.807, 2.05) is 0 Å². The van der Waals surface area contributed by atoms with Crippen molar-refractivity contribution >= 4 is 5.97 Å². The lowest BCUT2D eigenvalue weighted by atomic mass is 9.99. The van der Waals surface area contributed by atoms with E-state index < -0.39 is 5.97 Å². The molecular weight excluding hydrogens is 232 g/mol. The quantitative estimate of drug-likeness (QED) is 0.864. The molecule has 1 aromatic heterocycles. The van der Waals surface area contributed by atoms with Crippen LogP contribution in [0.25, 0.3) is 0 Å². The van der Waals surface area contributed by atoms with Gasteiger partial charge in [0, 0.05) is 12.5 Å². The molecule has 1 aliphatic heterocycles. The highest BCUT2D eigenvalue weighted by atomic mass is 16.4. The number of oxazole rings is 1. The number of hydrogen-bond acceptors (Lipinski definition) is 4. The Morgan fingerprint density at radius 1 is 1.61 bits per heavy atom. The Kier molecular flexibility index (Phi) is 4.36. The third-order valence-corrected chi connectivity index (χ3v) is 3.49. The summed E-state index contributed by atoms with van der Waals surface area (Å²) in [6.45, 7) is 4.36. The molecule has 1 aliphatic rings. The second-order valence-corrected chi connectivity index (χ2v) is 4.77. The third-order valence-electron chi connectivity index (χ3n) is 3.49.